The highest BCUT2D eigenvalue weighted by atomic mass is 19.1. The normalized spacial score (nSPS) is 18.2. The average molecular weight is 249 g/mol. The van der Waals surface area contributed by atoms with Gasteiger partial charge < -0.3 is 5.32 Å². The molecule has 1 aliphatic carbocycles. The van der Waals surface area contributed by atoms with Gasteiger partial charge in [-0.25, -0.2) is 4.39 Å². The Bertz CT molecular complexity index is 394. The minimum atomic E-state index is -0.122. The molecule has 0 heterocycles. The molecular formula is C16H24FN. The topological polar surface area (TPSA) is 12.0 Å². The minimum Gasteiger partial charge on any atom is -0.316 e. The molecule has 2 rings (SSSR count). The van der Waals surface area contributed by atoms with Crippen molar-refractivity contribution in [3.05, 3.63) is 35.1 Å². The number of hydrogen-bond donors (Lipinski definition) is 1. The summed E-state index contributed by atoms with van der Waals surface area (Å²) in [6, 6.07) is 5.22. The van der Waals surface area contributed by atoms with Gasteiger partial charge in [-0.15, -0.1) is 0 Å². The van der Waals surface area contributed by atoms with E-state index in [1.165, 1.54) is 31.2 Å². The molecule has 1 aliphatic rings. The highest BCUT2D eigenvalue weighted by Crippen LogP contribution is 2.41. The van der Waals surface area contributed by atoms with Crippen molar-refractivity contribution in [2.75, 3.05) is 13.1 Å². The van der Waals surface area contributed by atoms with Crippen LogP contribution in [-0.2, 0) is 6.42 Å². The van der Waals surface area contributed by atoms with Crippen LogP contribution in [0.15, 0.2) is 18.2 Å². The summed E-state index contributed by atoms with van der Waals surface area (Å²) in [6.45, 7) is 6.31. The first-order valence-corrected chi connectivity index (χ1v) is 7.11. The molecule has 2 heteroatoms. The smallest absolute Gasteiger partial charge is 0.123 e. The van der Waals surface area contributed by atoms with Gasteiger partial charge in [0.15, 0.2) is 0 Å². The third-order valence-electron chi connectivity index (χ3n) is 4.28. The van der Waals surface area contributed by atoms with Gasteiger partial charge in [-0.3, -0.25) is 0 Å². The van der Waals surface area contributed by atoms with Gasteiger partial charge in [0, 0.05) is 6.54 Å². The number of rotatable bonds is 5. The Kier molecular flexibility index (Phi) is 4.39. The molecule has 18 heavy (non-hydrogen) atoms. The number of benzene rings is 1. The molecule has 0 atom stereocenters. The van der Waals surface area contributed by atoms with E-state index >= 15 is 0 Å². The number of halogens is 1. The monoisotopic (exact) mass is 249 g/mol. The molecule has 0 amide bonds. The summed E-state index contributed by atoms with van der Waals surface area (Å²) >= 11 is 0. The average Bonchev–Trinajstić information content (AvgIpc) is 2.80. The Morgan fingerprint density at radius 2 is 2.00 bits per heavy atom. The third-order valence-corrected chi connectivity index (χ3v) is 4.28. The molecule has 0 aromatic heterocycles. The van der Waals surface area contributed by atoms with Gasteiger partial charge in [0.25, 0.3) is 0 Å². The van der Waals surface area contributed by atoms with Gasteiger partial charge in [0.2, 0.25) is 0 Å². The molecule has 0 saturated heterocycles. The Hall–Kier alpha value is -0.890. The summed E-state index contributed by atoms with van der Waals surface area (Å²) < 4.78 is 13.1. The number of nitrogens with one attached hydrogen (secondary N) is 1. The largest absolute Gasteiger partial charge is 0.316 e. The van der Waals surface area contributed by atoms with E-state index in [9.17, 15) is 4.39 Å². The van der Waals surface area contributed by atoms with E-state index in [-0.39, 0.29) is 5.82 Å². The minimum absolute atomic E-state index is 0.122. The van der Waals surface area contributed by atoms with Gasteiger partial charge in [0.1, 0.15) is 5.82 Å². The van der Waals surface area contributed by atoms with Crippen LogP contribution in [0.5, 0.6) is 0 Å². The van der Waals surface area contributed by atoms with Crippen LogP contribution >= 0.6 is 0 Å². The highest BCUT2D eigenvalue weighted by Gasteiger charge is 2.33. The second-order valence-electron chi connectivity index (χ2n) is 5.74. The van der Waals surface area contributed by atoms with Gasteiger partial charge in [-0.05, 0) is 61.4 Å². The maximum absolute atomic E-state index is 13.1. The molecule has 0 bridgehead atoms. The third kappa shape index (κ3) is 3.11. The maximum Gasteiger partial charge on any atom is 0.123 e. The van der Waals surface area contributed by atoms with E-state index in [1.807, 2.05) is 13.0 Å². The first kappa shape index (κ1) is 13.5. The van der Waals surface area contributed by atoms with Crippen LogP contribution in [0.25, 0.3) is 0 Å². The zero-order valence-electron chi connectivity index (χ0n) is 11.6. The van der Waals surface area contributed by atoms with E-state index in [2.05, 4.69) is 12.2 Å². The molecule has 1 aromatic rings. The van der Waals surface area contributed by atoms with Crippen LogP contribution < -0.4 is 5.32 Å². The zero-order valence-corrected chi connectivity index (χ0v) is 11.6. The van der Waals surface area contributed by atoms with Crippen molar-refractivity contribution >= 4 is 0 Å². The van der Waals surface area contributed by atoms with Crippen molar-refractivity contribution in [1.82, 2.24) is 5.32 Å². The Labute approximate surface area is 110 Å². The molecule has 0 radical (unpaired) electrons. The standard InChI is InChI=1S/C16H24FN/c1-3-18-12-16(8-4-5-9-16)11-14-6-7-15(17)10-13(14)2/h6-7,10,18H,3-5,8-9,11-12H2,1-2H3. The van der Waals surface area contributed by atoms with Crippen LogP contribution in [0.4, 0.5) is 4.39 Å². The van der Waals surface area contributed by atoms with Gasteiger partial charge in [-0.2, -0.15) is 0 Å². The van der Waals surface area contributed by atoms with E-state index in [0.29, 0.717) is 5.41 Å². The van der Waals surface area contributed by atoms with E-state index in [1.54, 1.807) is 12.1 Å². The fourth-order valence-electron chi connectivity index (χ4n) is 3.19. The molecule has 1 N–H and O–H groups in total. The molecule has 0 aliphatic heterocycles. The molecule has 0 spiro atoms. The lowest BCUT2D eigenvalue weighted by atomic mass is 9.79. The lowest BCUT2D eigenvalue weighted by Gasteiger charge is -2.30. The fourth-order valence-corrected chi connectivity index (χ4v) is 3.19. The SMILES string of the molecule is CCNCC1(Cc2ccc(F)cc2C)CCCC1. The summed E-state index contributed by atoms with van der Waals surface area (Å²) in [4.78, 5) is 0. The number of hydrogen-bond acceptors (Lipinski definition) is 1. The second-order valence-corrected chi connectivity index (χ2v) is 5.74. The van der Waals surface area contributed by atoms with Crippen molar-refractivity contribution < 1.29 is 4.39 Å². The van der Waals surface area contributed by atoms with E-state index < -0.39 is 0 Å². The molecule has 1 nitrogen and oxygen atoms in total. The molecule has 0 unspecified atom stereocenters. The Balaban J connectivity index is 2.13. The second kappa shape index (κ2) is 5.83. The highest BCUT2D eigenvalue weighted by molar-refractivity contribution is 5.28. The van der Waals surface area contributed by atoms with Crippen LogP contribution in [0.1, 0.15) is 43.7 Å². The molecule has 1 aromatic carbocycles. The predicted octanol–water partition coefficient (Wildman–Crippen LogP) is 3.85. The summed E-state index contributed by atoms with van der Waals surface area (Å²) in [7, 11) is 0. The predicted molar refractivity (Wildman–Crippen MR) is 74.3 cm³/mol. The summed E-state index contributed by atoms with van der Waals surface area (Å²) in [5, 5.41) is 3.51. The zero-order chi connectivity index (χ0) is 13.0. The Morgan fingerprint density at radius 3 is 2.61 bits per heavy atom. The van der Waals surface area contributed by atoms with Crippen molar-refractivity contribution in [2.24, 2.45) is 5.41 Å². The summed E-state index contributed by atoms with van der Waals surface area (Å²) in [5.41, 5.74) is 2.81. The van der Waals surface area contributed by atoms with Crippen molar-refractivity contribution in [1.29, 1.82) is 0 Å². The first-order valence-electron chi connectivity index (χ1n) is 7.11. The molecular weight excluding hydrogens is 225 g/mol. The van der Waals surface area contributed by atoms with Gasteiger partial charge in [-0.1, -0.05) is 25.8 Å². The van der Waals surface area contributed by atoms with Crippen molar-refractivity contribution in [2.45, 2.75) is 46.0 Å². The van der Waals surface area contributed by atoms with E-state index in [0.717, 1.165) is 25.1 Å². The van der Waals surface area contributed by atoms with Crippen LogP contribution in [0.3, 0.4) is 0 Å². The van der Waals surface area contributed by atoms with Gasteiger partial charge in [0.05, 0.1) is 0 Å². The maximum atomic E-state index is 13.1. The van der Waals surface area contributed by atoms with Crippen molar-refractivity contribution in [3.63, 3.8) is 0 Å². The summed E-state index contributed by atoms with van der Waals surface area (Å²) in [6.07, 6.45) is 6.37. The number of aryl methyl sites for hydroxylation is 1. The first-order chi connectivity index (χ1) is 8.65. The quantitative estimate of drug-likeness (QED) is 0.836. The lowest BCUT2D eigenvalue weighted by Crippen LogP contribution is -2.34. The molecule has 1 saturated carbocycles. The molecule has 1 fully saturated rings. The lowest BCUT2D eigenvalue weighted by molar-refractivity contribution is 0.279. The van der Waals surface area contributed by atoms with Gasteiger partial charge >= 0.3 is 0 Å². The van der Waals surface area contributed by atoms with Crippen LogP contribution in [0, 0.1) is 18.2 Å². The Morgan fingerprint density at radius 1 is 1.28 bits per heavy atom. The van der Waals surface area contributed by atoms with Crippen molar-refractivity contribution in [3.8, 4) is 0 Å². The summed E-state index contributed by atoms with van der Waals surface area (Å²) in [5.74, 6) is -0.122. The van der Waals surface area contributed by atoms with Crippen LogP contribution in [0.2, 0.25) is 0 Å². The fraction of sp³-hybridized carbons (Fsp3) is 0.625. The van der Waals surface area contributed by atoms with Crippen LogP contribution in [-0.4, -0.2) is 13.1 Å². The van der Waals surface area contributed by atoms with E-state index in [4.69, 9.17) is 0 Å². The molecule has 100 valence electrons.